The number of ether oxygens (including phenoxy) is 1. The number of hydrogen-bond donors (Lipinski definition) is 1. The van der Waals surface area contributed by atoms with Crippen LogP contribution in [-0.2, 0) is 16.8 Å². The fourth-order valence-electron chi connectivity index (χ4n) is 3.88. The standard InChI is InChI=1S/C24H25ClN2O/c25-22-9-7-20(8-10-22)23-11-6-19(16-27-23)17-28-18-24(12-14-26-15-13-24)21-4-2-1-3-5-21/h1-11,16,26H,12-15,17-18H2. The van der Waals surface area contributed by atoms with E-state index in [2.05, 4.69) is 46.7 Å². The van der Waals surface area contributed by atoms with Crippen molar-refractivity contribution in [2.45, 2.75) is 24.9 Å². The number of aromatic nitrogens is 1. The molecule has 1 fully saturated rings. The Kier molecular flexibility index (Phi) is 6.06. The maximum absolute atomic E-state index is 6.19. The molecular weight excluding hydrogens is 368 g/mol. The first kappa shape index (κ1) is 19.1. The van der Waals surface area contributed by atoms with Crippen LogP contribution in [0, 0.1) is 0 Å². The van der Waals surface area contributed by atoms with Crippen molar-refractivity contribution in [1.82, 2.24) is 10.3 Å². The molecule has 4 rings (SSSR count). The van der Waals surface area contributed by atoms with Gasteiger partial charge in [0.1, 0.15) is 0 Å². The van der Waals surface area contributed by atoms with E-state index in [-0.39, 0.29) is 5.41 Å². The lowest BCUT2D eigenvalue weighted by atomic mass is 9.74. The second-order valence-electron chi connectivity index (χ2n) is 7.45. The molecule has 3 aromatic rings. The maximum atomic E-state index is 6.19. The van der Waals surface area contributed by atoms with Gasteiger partial charge in [0, 0.05) is 22.2 Å². The van der Waals surface area contributed by atoms with Crippen LogP contribution in [0.25, 0.3) is 11.3 Å². The molecule has 2 aromatic carbocycles. The highest BCUT2D eigenvalue weighted by Gasteiger charge is 2.34. The second kappa shape index (κ2) is 8.87. The Hall–Kier alpha value is -2.20. The summed E-state index contributed by atoms with van der Waals surface area (Å²) >= 11 is 5.96. The highest BCUT2D eigenvalue weighted by Crippen LogP contribution is 2.34. The average molecular weight is 393 g/mol. The molecule has 4 heteroatoms. The van der Waals surface area contributed by atoms with Crippen molar-refractivity contribution >= 4 is 11.6 Å². The molecule has 1 aliphatic rings. The predicted octanol–water partition coefficient (Wildman–Crippen LogP) is 5.24. The number of rotatable bonds is 6. The van der Waals surface area contributed by atoms with E-state index in [4.69, 9.17) is 16.3 Å². The minimum Gasteiger partial charge on any atom is -0.376 e. The number of nitrogens with one attached hydrogen (secondary N) is 1. The number of pyridine rings is 1. The van der Waals surface area contributed by atoms with E-state index in [1.807, 2.05) is 36.5 Å². The third kappa shape index (κ3) is 4.44. The van der Waals surface area contributed by atoms with E-state index in [9.17, 15) is 0 Å². The number of nitrogens with zero attached hydrogens (tertiary/aromatic N) is 1. The molecule has 0 bridgehead atoms. The van der Waals surface area contributed by atoms with E-state index >= 15 is 0 Å². The Bertz CT molecular complexity index is 873. The lowest BCUT2D eigenvalue weighted by molar-refractivity contribution is 0.0564. The Balaban J connectivity index is 1.40. The van der Waals surface area contributed by atoms with Gasteiger partial charge in [-0.2, -0.15) is 0 Å². The molecule has 3 nitrogen and oxygen atoms in total. The van der Waals surface area contributed by atoms with Gasteiger partial charge in [-0.1, -0.05) is 60.1 Å². The third-order valence-corrected chi connectivity index (χ3v) is 5.81. The second-order valence-corrected chi connectivity index (χ2v) is 7.88. The summed E-state index contributed by atoms with van der Waals surface area (Å²) in [5.41, 5.74) is 4.58. The van der Waals surface area contributed by atoms with Gasteiger partial charge in [-0.25, -0.2) is 0 Å². The molecule has 0 unspecified atom stereocenters. The quantitative estimate of drug-likeness (QED) is 0.622. The van der Waals surface area contributed by atoms with Gasteiger partial charge in [0.2, 0.25) is 0 Å². The van der Waals surface area contributed by atoms with Gasteiger partial charge in [0.05, 0.1) is 18.9 Å². The molecule has 1 saturated heterocycles. The SMILES string of the molecule is Clc1ccc(-c2ccc(COCC3(c4ccccc4)CCNCC3)cn2)cc1. The Labute approximate surface area is 171 Å². The molecule has 0 radical (unpaired) electrons. The third-order valence-electron chi connectivity index (χ3n) is 5.56. The normalized spacial score (nSPS) is 16.0. The number of hydrogen-bond acceptors (Lipinski definition) is 3. The minimum absolute atomic E-state index is 0.100. The van der Waals surface area contributed by atoms with E-state index in [1.165, 1.54) is 5.56 Å². The monoisotopic (exact) mass is 392 g/mol. The van der Waals surface area contributed by atoms with Gasteiger partial charge < -0.3 is 10.1 Å². The van der Waals surface area contributed by atoms with Crippen LogP contribution in [0.1, 0.15) is 24.0 Å². The summed E-state index contributed by atoms with van der Waals surface area (Å²) in [4.78, 5) is 4.59. The largest absolute Gasteiger partial charge is 0.376 e. The van der Waals surface area contributed by atoms with Gasteiger partial charge in [-0.15, -0.1) is 0 Å². The molecule has 28 heavy (non-hydrogen) atoms. The highest BCUT2D eigenvalue weighted by molar-refractivity contribution is 6.30. The summed E-state index contributed by atoms with van der Waals surface area (Å²) in [5.74, 6) is 0. The summed E-state index contributed by atoms with van der Waals surface area (Å²) in [6.45, 7) is 3.39. The zero-order valence-corrected chi connectivity index (χ0v) is 16.7. The molecule has 0 aliphatic carbocycles. The fraction of sp³-hybridized carbons (Fsp3) is 0.292. The highest BCUT2D eigenvalue weighted by atomic mass is 35.5. The number of piperidine rings is 1. The van der Waals surface area contributed by atoms with Gasteiger partial charge in [-0.05, 0) is 55.3 Å². The van der Waals surface area contributed by atoms with Gasteiger partial charge in [-0.3, -0.25) is 4.98 Å². The average Bonchev–Trinajstić information content (AvgIpc) is 2.76. The topological polar surface area (TPSA) is 34.1 Å². The van der Waals surface area contributed by atoms with E-state index in [1.54, 1.807) is 0 Å². The molecule has 1 aliphatic heterocycles. The Morgan fingerprint density at radius 2 is 1.68 bits per heavy atom. The number of benzene rings is 2. The van der Waals surface area contributed by atoms with Crippen LogP contribution in [-0.4, -0.2) is 24.7 Å². The molecule has 1 N–H and O–H groups in total. The molecule has 0 saturated carbocycles. The maximum Gasteiger partial charge on any atom is 0.0732 e. The van der Waals surface area contributed by atoms with Crippen molar-refractivity contribution in [1.29, 1.82) is 0 Å². The first-order valence-corrected chi connectivity index (χ1v) is 10.2. The molecular formula is C24H25ClN2O. The lowest BCUT2D eigenvalue weighted by Gasteiger charge is -2.38. The van der Waals surface area contributed by atoms with Crippen molar-refractivity contribution < 1.29 is 4.74 Å². The summed E-state index contributed by atoms with van der Waals surface area (Å²) in [6.07, 6.45) is 4.11. The molecule has 0 amide bonds. The van der Waals surface area contributed by atoms with Crippen LogP contribution in [0.15, 0.2) is 72.9 Å². The van der Waals surface area contributed by atoms with Gasteiger partial charge in [0.25, 0.3) is 0 Å². The summed E-state index contributed by atoms with van der Waals surface area (Å²) < 4.78 is 6.19. The van der Waals surface area contributed by atoms with Gasteiger partial charge in [0.15, 0.2) is 0 Å². The lowest BCUT2D eigenvalue weighted by Crippen LogP contribution is -2.43. The molecule has 0 atom stereocenters. The molecule has 2 heterocycles. The van der Waals surface area contributed by atoms with Crippen LogP contribution in [0.3, 0.4) is 0 Å². The van der Waals surface area contributed by atoms with Crippen molar-refractivity contribution in [2.75, 3.05) is 19.7 Å². The molecule has 1 aromatic heterocycles. The number of halogens is 1. The summed E-state index contributed by atoms with van der Waals surface area (Å²) in [6, 6.07) is 22.7. The van der Waals surface area contributed by atoms with Crippen molar-refractivity contribution in [2.24, 2.45) is 0 Å². The van der Waals surface area contributed by atoms with Crippen LogP contribution in [0.5, 0.6) is 0 Å². The first-order valence-electron chi connectivity index (χ1n) is 9.80. The van der Waals surface area contributed by atoms with Crippen LogP contribution < -0.4 is 5.32 Å². The fourth-order valence-corrected chi connectivity index (χ4v) is 4.00. The van der Waals surface area contributed by atoms with Crippen molar-refractivity contribution in [3.05, 3.63) is 89.1 Å². The molecule has 144 valence electrons. The Morgan fingerprint density at radius 1 is 0.929 bits per heavy atom. The van der Waals surface area contributed by atoms with E-state index < -0.39 is 0 Å². The smallest absolute Gasteiger partial charge is 0.0732 e. The predicted molar refractivity (Wildman–Crippen MR) is 115 cm³/mol. The van der Waals surface area contributed by atoms with Crippen LogP contribution >= 0.6 is 11.6 Å². The first-order chi connectivity index (χ1) is 13.8. The van der Waals surface area contributed by atoms with E-state index in [0.29, 0.717) is 6.61 Å². The molecule has 0 spiro atoms. The van der Waals surface area contributed by atoms with E-state index in [0.717, 1.165) is 54.4 Å². The van der Waals surface area contributed by atoms with Crippen LogP contribution in [0.4, 0.5) is 0 Å². The zero-order valence-electron chi connectivity index (χ0n) is 15.9. The Morgan fingerprint density at radius 3 is 2.36 bits per heavy atom. The van der Waals surface area contributed by atoms with Crippen molar-refractivity contribution in [3.8, 4) is 11.3 Å². The van der Waals surface area contributed by atoms with Crippen molar-refractivity contribution in [3.63, 3.8) is 0 Å². The minimum atomic E-state index is 0.100. The zero-order chi connectivity index (χ0) is 19.2. The van der Waals surface area contributed by atoms with Gasteiger partial charge >= 0.3 is 0 Å². The summed E-state index contributed by atoms with van der Waals surface area (Å²) in [7, 11) is 0. The summed E-state index contributed by atoms with van der Waals surface area (Å²) in [5, 5.41) is 4.20. The van der Waals surface area contributed by atoms with Crippen LogP contribution in [0.2, 0.25) is 5.02 Å².